The molecule has 0 unspecified atom stereocenters. The summed E-state index contributed by atoms with van der Waals surface area (Å²) in [5.74, 6) is 0.502. The van der Waals surface area contributed by atoms with E-state index in [0.29, 0.717) is 17.1 Å². The van der Waals surface area contributed by atoms with Crippen molar-refractivity contribution in [3.05, 3.63) is 47.1 Å². The fourth-order valence-corrected chi connectivity index (χ4v) is 1.22. The third-order valence-corrected chi connectivity index (χ3v) is 2.12. The zero-order valence-electron chi connectivity index (χ0n) is 7.80. The zero-order chi connectivity index (χ0) is 10.5. The first-order valence-electron chi connectivity index (χ1n) is 4.34. The van der Waals surface area contributed by atoms with Crippen molar-refractivity contribution in [2.24, 2.45) is 0 Å². The predicted octanol–water partition coefficient (Wildman–Crippen LogP) is 2.21. The topological polar surface area (TPSA) is 47.9 Å². The van der Waals surface area contributed by atoms with Crippen LogP contribution >= 0.6 is 15.9 Å². The number of aromatic nitrogens is 3. The molecule has 4 nitrogen and oxygen atoms in total. The van der Waals surface area contributed by atoms with Crippen molar-refractivity contribution in [2.45, 2.75) is 6.61 Å². The van der Waals surface area contributed by atoms with Gasteiger partial charge in [-0.25, -0.2) is 9.97 Å². The van der Waals surface area contributed by atoms with Gasteiger partial charge in [-0.05, 0) is 22.0 Å². The minimum Gasteiger partial charge on any atom is -0.472 e. The third-order valence-electron chi connectivity index (χ3n) is 1.71. The molecule has 0 amide bonds. The Hall–Kier alpha value is -1.49. The Balaban J connectivity index is 1.96. The molecule has 0 aliphatic carbocycles. The second-order valence-electron chi connectivity index (χ2n) is 2.83. The minimum absolute atomic E-state index is 0.449. The van der Waals surface area contributed by atoms with Crippen LogP contribution in [0.1, 0.15) is 5.56 Å². The maximum Gasteiger partial charge on any atom is 0.232 e. The molecule has 0 N–H and O–H groups in total. The summed E-state index contributed by atoms with van der Waals surface area (Å²) in [4.78, 5) is 12.0. The van der Waals surface area contributed by atoms with Crippen LogP contribution in [-0.4, -0.2) is 15.0 Å². The summed E-state index contributed by atoms with van der Waals surface area (Å²) in [6.45, 7) is 0.449. The van der Waals surface area contributed by atoms with Crippen LogP contribution in [-0.2, 0) is 6.61 Å². The van der Waals surface area contributed by atoms with Crippen molar-refractivity contribution in [1.82, 2.24) is 15.0 Å². The van der Waals surface area contributed by atoms with E-state index in [-0.39, 0.29) is 0 Å². The van der Waals surface area contributed by atoms with Crippen molar-refractivity contribution >= 4 is 15.9 Å². The number of rotatable bonds is 3. The van der Waals surface area contributed by atoms with Gasteiger partial charge in [-0.3, -0.25) is 4.98 Å². The number of hydrogen-bond acceptors (Lipinski definition) is 4. The van der Waals surface area contributed by atoms with Gasteiger partial charge in [0.2, 0.25) is 5.88 Å². The number of ether oxygens (including phenoxy) is 1. The lowest BCUT2D eigenvalue weighted by atomic mass is 10.3. The van der Waals surface area contributed by atoms with E-state index in [9.17, 15) is 0 Å². The van der Waals surface area contributed by atoms with E-state index >= 15 is 0 Å². The van der Waals surface area contributed by atoms with E-state index in [0.717, 1.165) is 5.56 Å². The number of nitrogens with zero attached hydrogens (tertiary/aromatic N) is 3. The lowest BCUT2D eigenvalue weighted by Gasteiger charge is -2.03. The number of pyridine rings is 1. The molecule has 2 heterocycles. The molecular formula is C10H8BrN3O. The molecule has 2 rings (SSSR count). The first kappa shape index (κ1) is 10.0. The Morgan fingerprint density at radius 1 is 1.20 bits per heavy atom. The first-order chi connectivity index (χ1) is 7.34. The summed E-state index contributed by atoms with van der Waals surface area (Å²) in [5.41, 5.74) is 1.00. The monoisotopic (exact) mass is 265 g/mol. The second-order valence-corrected chi connectivity index (χ2v) is 3.64. The van der Waals surface area contributed by atoms with Gasteiger partial charge in [0.15, 0.2) is 0 Å². The summed E-state index contributed by atoms with van der Waals surface area (Å²) in [6, 6.07) is 3.81. The second kappa shape index (κ2) is 4.84. The van der Waals surface area contributed by atoms with Crippen LogP contribution < -0.4 is 4.74 Å². The lowest BCUT2D eigenvalue weighted by Crippen LogP contribution is -1.97. The Bertz CT molecular complexity index is 418. The Morgan fingerprint density at radius 3 is 2.80 bits per heavy atom. The van der Waals surface area contributed by atoms with Crippen molar-refractivity contribution in [1.29, 1.82) is 0 Å². The van der Waals surface area contributed by atoms with E-state index in [1.54, 1.807) is 24.8 Å². The quantitative estimate of drug-likeness (QED) is 0.854. The molecule has 0 aromatic carbocycles. The van der Waals surface area contributed by atoms with Crippen molar-refractivity contribution in [3.63, 3.8) is 0 Å². The van der Waals surface area contributed by atoms with Crippen LogP contribution in [0.4, 0.5) is 0 Å². The average molecular weight is 266 g/mol. The van der Waals surface area contributed by atoms with Gasteiger partial charge in [0, 0.05) is 18.0 Å². The maximum absolute atomic E-state index is 5.41. The summed E-state index contributed by atoms with van der Waals surface area (Å²) >= 11 is 3.20. The highest BCUT2D eigenvalue weighted by molar-refractivity contribution is 9.10. The smallest absolute Gasteiger partial charge is 0.232 e. The van der Waals surface area contributed by atoms with Gasteiger partial charge in [-0.1, -0.05) is 6.07 Å². The molecule has 76 valence electrons. The number of halogens is 1. The van der Waals surface area contributed by atoms with Crippen LogP contribution in [0.15, 0.2) is 41.5 Å². The van der Waals surface area contributed by atoms with E-state index in [1.165, 1.54) is 0 Å². The normalized spacial score (nSPS) is 9.93. The van der Waals surface area contributed by atoms with Crippen molar-refractivity contribution < 1.29 is 4.74 Å². The third kappa shape index (κ3) is 2.99. The summed E-state index contributed by atoms with van der Waals surface area (Å²) < 4.78 is 6.10. The highest BCUT2D eigenvalue weighted by Crippen LogP contribution is 2.09. The molecule has 0 radical (unpaired) electrons. The first-order valence-corrected chi connectivity index (χ1v) is 5.13. The zero-order valence-corrected chi connectivity index (χ0v) is 9.39. The van der Waals surface area contributed by atoms with E-state index < -0.39 is 0 Å². The standard InChI is InChI=1S/C10H8BrN3O/c11-9-5-14-10(6-13-9)15-7-8-2-1-3-12-4-8/h1-6H,7H2. The van der Waals surface area contributed by atoms with Crippen LogP contribution in [0.3, 0.4) is 0 Å². The largest absolute Gasteiger partial charge is 0.472 e. The summed E-state index contributed by atoms with van der Waals surface area (Å²) in [7, 11) is 0. The van der Waals surface area contributed by atoms with Gasteiger partial charge in [-0.15, -0.1) is 0 Å². The van der Waals surface area contributed by atoms with Crippen molar-refractivity contribution in [3.8, 4) is 5.88 Å². The van der Waals surface area contributed by atoms with Gasteiger partial charge < -0.3 is 4.74 Å². The molecule has 2 aromatic rings. The highest BCUT2D eigenvalue weighted by atomic mass is 79.9. The molecule has 5 heteroatoms. The molecule has 0 bridgehead atoms. The molecule has 15 heavy (non-hydrogen) atoms. The average Bonchev–Trinajstić information content (AvgIpc) is 2.30. The van der Waals surface area contributed by atoms with E-state index in [4.69, 9.17) is 4.74 Å². The SMILES string of the molecule is Brc1cnc(OCc2cccnc2)cn1. The lowest BCUT2D eigenvalue weighted by molar-refractivity contribution is 0.292. The molecule has 0 atom stereocenters. The highest BCUT2D eigenvalue weighted by Gasteiger charge is 1.97. The molecule has 0 saturated carbocycles. The molecule has 0 fully saturated rings. The summed E-state index contributed by atoms with van der Waals surface area (Å²) in [6.07, 6.45) is 6.65. The molecule has 0 saturated heterocycles. The fourth-order valence-electron chi connectivity index (χ4n) is 1.02. The molecular weight excluding hydrogens is 258 g/mol. The van der Waals surface area contributed by atoms with Gasteiger partial charge in [0.05, 0.1) is 12.4 Å². The molecule has 0 aliphatic heterocycles. The minimum atomic E-state index is 0.449. The maximum atomic E-state index is 5.41. The van der Waals surface area contributed by atoms with Crippen LogP contribution in [0.5, 0.6) is 5.88 Å². The Labute approximate surface area is 95.5 Å². The fraction of sp³-hybridized carbons (Fsp3) is 0.100. The Kier molecular flexibility index (Phi) is 3.24. The molecule has 2 aromatic heterocycles. The summed E-state index contributed by atoms with van der Waals surface area (Å²) in [5, 5.41) is 0. The van der Waals surface area contributed by atoms with E-state index in [1.807, 2.05) is 12.1 Å². The van der Waals surface area contributed by atoms with Crippen LogP contribution in [0.25, 0.3) is 0 Å². The van der Waals surface area contributed by atoms with E-state index in [2.05, 4.69) is 30.9 Å². The van der Waals surface area contributed by atoms with Crippen molar-refractivity contribution in [2.75, 3.05) is 0 Å². The van der Waals surface area contributed by atoms with Crippen LogP contribution in [0, 0.1) is 0 Å². The van der Waals surface area contributed by atoms with Gasteiger partial charge in [-0.2, -0.15) is 0 Å². The molecule has 0 aliphatic rings. The van der Waals surface area contributed by atoms with Gasteiger partial charge in [0.1, 0.15) is 11.2 Å². The van der Waals surface area contributed by atoms with Gasteiger partial charge >= 0.3 is 0 Å². The van der Waals surface area contributed by atoms with Gasteiger partial charge in [0.25, 0.3) is 0 Å². The number of hydrogen-bond donors (Lipinski definition) is 0. The Morgan fingerprint density at radius 2 is 2.13 bits per heavy atom. The predicted molar refractivity (Wildman–Crippen MR) is 58.3 cm³/mol. The van der Waals surface area contributed by atoms with Crippen LogP contribution in [0.2, 0.25) is 0 Å². The molecule has 0 spiro atoms.